The SMILES string of the molecule is CN1N=C(C(=O)N2CCC(C(=O)O)CC2)CCC1=O. The number of aliphatic carboxylic acids is 1. The number of carboxylic acids is 1. The third-order valence-electron chi connectivity index (χ3n) is 3.59. The summed E-state index contributed by atoms with van der Waals surface area (Å²) in [4.78, 5) is 35.9. The Hall–Kier alpha value is -1.92. The van der Waals surface area contributed by atoms with Gasteiger partial charge in [0, 0.05) is 33.0 Å². The van der Waals surface area contributed by atoms with Gasteiger partial charge in [-0.05, 0) is 12.8 Å². The number of likely N-dealkylation sites (tertiary alicyclic amines) is 1. The van der Waals surface area contributed by atoms with E-state index < -0.39 is 5.97 Å². The van der Waals surface area contributed by atoms with Crippen LogP contribution in [-0.4, -0.2) is 58.6 Å². The van der Waals surface area contributed by atoms with E-state index in [0.717, 1.165) is 0 Å². The second-order valence-electron chi connectivity index (χ2n) is 4.87. The molecule has 0 aromatic heterocycles. The number of hydrogen-bond acceptors (Lipinski definition) is 4. The largest absolute Gasteiger partial charge is 0.481 e. The van der Waals surface area contributed by atoms with Crippen LogP contribution in [0.3, 0.4) is 0 Å². The van der Waals surface area contributed by atoms with E-state index in [9.17, 15) is 14.4 Å². The average molecular weight is 267 g/mol. The molecule has 0 atom stereocenters. The first-order valence-electron chi connectivity index (χ1n) is 6.35. The molecule has 1 saturated heterocycles. The maximum atomic E-state index is 12.2. The van der Waals surface area contributed by atoms with Gasteiger partial charge in [-0.1, -0.05) is 0 Å². The normalized spacial score (nSPS) is 21.3. The third kappa shape index (κ3) is 2.91. The Bertz CT molecular complexity index is 438. The summed E-state index contributed by atoms with van der Waals surface area (Å²) in [5.41, 5.74) is 0.385. The molecule has 0 aromatic rings. The molecule has 104 valence electrons. The number of nitrogens with zero attached hydrogens (tertiary/aromatic N) is 3. The molecule has 2 amide bonds. The van der Waals surface area contributed by atoms with Crippen molar-refractivity contribution in [1.82, 2.24) is 9.91 Å². The summed E-state index contributed by atoms with van der Waals surface area (Å²) in [6.07, 6.45) is 1.61. The van der Waals surface area contributed by atoms with Gasteiger partial charge in [-0.15, -0.1) is 0 Å². The molecule has 7 nitrogen and oxygen atoms in total. The van der Waals surface area contributed by atoms with Crippen LogP contribution < -0.4 is 0 Å². The summed E-state index contributed by atoms with van der Waals surface area (Å²) in [6, 6.07) is 0. The van der Waals surface area contributed by atoms with Crippen LogP contribution in [0.2, 0.25) is 0 Å². The fraction of sp³-hybridized carbons (Fsp3) is 0.667. The van der Waals surface area contributed by atoms with Gasteiger partial charge in [-0.25, -0.2) is 5.01 Å². The van der Waals surface area contributed by atoms with Gasteiger partial charge in [0.15, 0.2) is 0 Å². The lowest BCUT2D eigenvalue weighted by Crippen LogP contribution is -2.45. The summed E-state index contributed by atoms with van der Waals surface area (Å²) >= 11 is 0. The molecule has 0 radical (unpaired) electrons. The van der Waals surface area contributed by atoms with Crippen LogP contribution in [0.25, 0.3) is 0 Å². The van der Waals surface area contributed by atoms with Crippen molar-refractivity contribution in [2.45, 2.75) is 25.7 Å². The number of carbonyl (C=O) groups is 3. The van der Waals surface area contributed by atoms with Crippen LogP contribution in [-0.2, 0) is 14.4 Å². The number of hydrogen-bond donors (Lipinski definition) is 1. The van der Waals surface area contributed by atoms with Gasteiger partial charge >= 0.3 is 5.97 Å². The van der Waals surface area contributed by atoms with E-state index in [1.54, 1.807) is 4.90 Å². The molecular weight excluding hydrogens is 250 g/mol. The maximum absolute atomic E-state index is 12.2. The molecule has 0 unspecified atom stereocenters. The Morgan fingerprint density at radius 1 is 1.26 bits per heavy atom. The molecule has 2 aliphatic rings. The number of rotatable bonds is 2. The highest BCUT2D eigenvalue weighted by atomic mass is 16.4. The fourth-order valence-corrected chi connectivity index (χ4v) is 2.34. The van der Waals surface area contributed by atoms with Gasteiger partial charge in [0.1, 0.15) is 5.71 Å². The molecule has 0 aromatic carbocycles. The second kappa shape index (κ2) is 5.38. The van der Waals surface area contributed by atoms with E-state index in [1.165, 1.54) is 12.1 Å². The monoisotopic (exact) mass is 267 g/mol. The van der Waals surface area contributed by atoms with Crippen molar-refractivity contribution in [3.8, 4) is 0 Å². The van der Waals surface area contributed by atoms with Gasteiger partial charge in [-0.3, -0.25) is 14.4 Å². The van der Waals surface area contributed by atoms with Gasteiger partial charge in [0.05, 0.1) is 5.92 Å². The van der Waals surface area contributed by atoms with Crippen LogP contribution in [0.15, 0.2) is 5.10 Å². The molecule has 0 saturated carbocycles. The van der Waals surface area contributed by atoms with Crippen molar-refractivity contribution < 1.29 is 19.5 Å². The van der Waals surface area contributed by atoms with Gasteiger partial charge in [0.25, 0.3) is 5.91 Å². The van der Waals surface area contributed by atoms with E-state index >= 15 is 0 Å². The summed E-state index contributed by atoms with van der Waals surface area (Å²) in [5.74, 6) is -1.43. The van der Waals surface area contributed by atoms with Gasteiger partial charge < -0.3 is 10.0 Å². The molecule has 7 heteroatoms. The average Bonchev–Trinajstić information content (AvgIpc) is 2.41. The molecule has 0 spiro atoms. The summed E-state index contributed by atoms with van der Waals surface area (Å²) in [7, 11) is 1.53. The van der Waals surface area contributed by atoms with E-state index in [0.29, 0.717) is 44.5 Å². The molecule has 2 aliphatic heterocycles. The number of piperidine rings is 1. The summed E-state index contributed by atoms with van der Waals surface area (Å²) < 4.78 is 0. The number of carbonyl (C=O) groups excluding carboxylic acids is 2. The number of carboxylic acid groups (broad SMARTS) is 1. The molecule has 19 heavy (non-hydrogen) atoms. The van der Waals surface area contributed by atoms with Crippen molar-refractivity contribution in [1.29, 1.82) is 0 Å². The Kier molecular flexibility index (Phi) is 3.82. The van der Waals surface area contributed by atoms with Gasteiger partial charge in [-0.2, -0.15) is 5.10 Å². The lowest BCUT2D eigenvalue weighted by Gasteiger charge is -2.31. The lowest BCUT2D eigenvalue weighted by molar-refractivity contribution is -0.144. The van der Waals surface area contributed by atoms with Crippen LogP contribution >= 0.6 is 0 Å². The first kappa shape index (κ1) is 13.5. The molecule has 1 fully saturated rings. The van der Waals surface area contributed by atoms with Crippen molar-refractivity contribution in [2.24, 2.45) is 11.0 Å². The van der Waals surface area contributed by atoms with Crippen molar-refractivity contribution in [3.05, 3.63) is 0 Å². The minimum Gasteiger partial charge on any atom is -0.481 e. The van der Waals surface area contributed by atoms with E-state index in [2.05, 4.69) is 5.10 Å². The minimum atomic E-state index is -0.799. The highest BCUT2D eigenvalue weighted by molar-refractivity contribution is 6.39. The molecule has 2 heterocycles. The molecule has 2 rings (SSSR count). The molecule has 1 N–H and O–H groups in total. The zero-order chi connectivity index (χ0) is 14.0. The quantitative estimate of drug-likeness (QED) is 0.757. The highest BCUT2D eigenvalue weighted by Gasteiger charge is 2.30. The lowest BCUT2D eigenvalue weighted by atomic mass is 9.96. The smallest absolute Gasteiger partial charge is 0.306 e. The molecule has 0 bridgehead atoms. The zero-order valence-electron chi connectivity index (χ0n) is 10.8. The number of hydrazone groups is 1. The van der Waals surface area contributed by atoms with Crippen LogP contribution in [0, 0.1) is 5.92 Å². The maximum Gasteiger partial charge on any atom is 0.306 e. The Morgan fingerprint density at radius 3 is 2.42 bits per heavy atom. The van der Waals surface area contributed by atoms with Crippen LogP contribution in [0.1, 0.15) is 25.7 Å². The van der Waals surface area contributed by atoms with Crippen molar-refractivity contribution >= 4 is 23.5 Å². The molecule has 0 aliphatic carbocycles. The second-order valence-corrected chi connectivity index (χ2v) is 4.87. The Labute approximate surface area is 110 Å². The van der Waals surface area contributed by atoms with Gasteiger partial charge in [0.2, 0.25) is 5.91 Å². The predicted octanol–water partition coefficient (Wildman–Crippen LogP) is -0.0822. The standard InChI is InChI=1S/C12H17N3O4/c1-14-10(16)3-2-9(13-14)11(17)15-6-4-8(5-7-15)12(18)19/h8H,2-7H2,1H3,(H,18,19). The minimum absolute atomic E-state index is 0.0962. The first-order valence-corrected chi connectivity index (χ1v) is 6.35. The fourth-order valence-electron chi connectivity index (χ4n) is 2.34. The van der Waals surface area contributed by atoms with Crippen molar-refractivity contribution in [2.75, 3.05) is 20.1 Å². The van der Waals surface area contributed by atoms with Crippen LogP contribution in [0.5, 0.6) is 0 Å². The van der Waals surface area contributed by atoms with Crippen molar-refractivity contribution in [3.63, 3.8) is 0 Å². The summed E-state index contributed by atoms with van der Waals surface area (Å²) in [5, 5.41) is 14.1. The number of amides is 2. The van der Waals surface area contributed by atoms with E-state index in [1.807, 2.05) is 0 Å². The zero-order valence-corrected chi connectivity index (χ0v) is 10.8. The van der Waals surface area contributed by atoms with E-state index in [4.69, 9.17) is 5.11 Å². The Morgan fingerprint density at radius 2 is 1.89 bits per heavy atom. The topological polar surface area (TPSA) is 90.3 Å². The van der Waals surface area contributed by atoms with E-state index in [-0.39, 0.29) is 17.7 Å². The highest BCUT2D eigenvalue weighted by Crippen LogP contribution is 2.19. The summed E-state index contributed by atoms with van der Waals surface area (Å²) in [6.45, 7) is 0.874. The predicted molar refractivity (Wildman–Crippen MR) is 66.4 cm³/mol. The first-order chi connectivity index (χ1) is 8.99. The third-order valence-corrected chi connectivity index (χ3v) is 3.59. The Balaban J connectivity index is 1.97. The molecular formula is C12H17N3O4. The van der Waals surface area contributed by atoms with Crippen LogP contribution in [0.4, 0.5) is 0 Å².